The van der Waals surface area contributed by atoms with E-state index in [0.717, 1.165) is 24.8 Å². The number of halogens is 2. The van der Waals surface area contributed by atoms with Crippen molar-refractivity contribution >= 4 is 23.2 Å². The van der Waals surface area contributed by atoms with Gasteiger partial charge in [0.25, 0.3) is 0 Å². The molecule has 0 aromatic heterocycles. The zero-order chi connectivity index (χ0) is 12.1. The molecule has 0 heterocycles. The molecule has 1 rings (SSSR count). The van der Waals surface area contributed by atoms with Crippen LogP contribution in [0.1, 0.15) is 44.7 Å². The summed E-state index contributed by atoms with van der Waals surface area (Å²) in [5.74, 6) is 0.657. The van der Waals surface area contributed by atoms with Crippen molar-refractivity contribution in [3.8, 4) is 0 Å². The third kappa shape index (κ3) is 3.65. The third-order valence-electron chi connectivity index (χ3n) is 3.10. The second-order valence-electron chi connectivity index (χ2n) is 4.19. The standard InChI is InChI=1S/C13H19Cl2N/c1-3-9(4-2)7-13(16)11-8-10(14)5-6-12(11)15/h5-6,8-9,13H,3-4,7,16H2,1-2H3. The fourth-order valence-electron chi connectivity index (χ4n) is 1.91. The molecule has 0 spiro atoms. The van der Waals surface area contributed by atoms with Crippen molar-refractivity contribution < 1.29 is 0 Å². The van der Waals surface area contributed by atoms with Gasteiger partial charge in [-0.1, -0.05) is 49.9 Å². The second-order valence-corrected chi connectivity index (χ2v) is 5.03. The van der Waals surface area contributed by atoms with Gasteiger partial charge in [-0.3, -0.25) is 0 Å². The first-order valence-corrected chi connectivity index (χ1v) is 6.54. The maximum atomic E-state index is 6.17. The van der Waals surface area contributed by atoms with E-state index >= 15 is 0 Å². The highest BCUT2D eigenvalue weighted by molar-refractivity contribution is 6.33. The molecule has 0 aliphatic carbocycles. The lowest BCUT2D eigenvalue weighted by Crippen LogP contribution is -2.15. The van der Waals surface area contributed by atoms with Crippen molar-refractivity contribution in [2.24, 2.45) is 11.7 Å². The molecule has 0 saturated carbocycles. The highest BCUT2D eigenvalue weighted by Crippen LogP contribution is 2.30. The first kappa shape index (κ1) is 13.8. The molecule has 16 heavy (non-hydrogen) atoms. The Morgan fingerprint density at radius 3 is 2.38 bits per heavy atom. The van der Waals surface area contributed by atoms with Gasteiger partial charge in [-0.15, -0.1) is 0 Å². The van der Waals surface area contributed by atoms with E-state index in [-0.39, 0.29) is 6.04 Å². The van der Waals surface area contributed by atoms with Gasteiger partial charge in [-0.05, 0) is 36.1 Å². The van der Waals surface area contributed by atoms with Crippen LogP contribution in [0.5, 0.6) is 0 Å². The molecule has 1 aromatic carbocycles. The molecule has 0 radical (unpaired) electrons. The lowest BCUT2D eigenvalue weighted by molar-refractivity contribution is 0.415. The van der Waals surface area contributed by atoms with Crippen molar-refractivity contribution in [3.05, 3.63) is 33.8 Å². The van der Waals surface area contributed by atoms with Crippen molar-refractivity contribution in [1.29, 1.82) is 0 Å². The Bertz CT molecular complexity index is 335. The summed E-state index contributed by atoms with van der Waals surface area (Å²) in [4.78, 5) is 0. The van der Waals surface area contributed by atoms with Crippen molar-refractivity contribution in [2.45, 2.75) is 39.2 Å². The summed E-state index contributed by atoms with van der Waals surface area (Å²) in [5.41, 5.74) is 7.13. The molecule has 0 bridgehead atoms. The van der Waals surface area contributed by atoms with E-state index in [9.17, 15) is 0 Å². The average molecular weight is 260 g/mol. The minimum absolute atomic E-state index is 0.0175. The third-order valence-corrected chi connectivity index (χ3v) is 3.68. The van der Waals surface area contributed by atoms with Gasteiger partial charge in [0.05, 0.1) is 0 Å². The lowest BCUT2D eigenvalue weighted by Gasteiger charge is -2.19. The Hall–Kier alpha value is -0.240. The fourth-order valence-corrected chi connectivity index (χ4v) is 2.35. The molecule has 1 atom stereocenters. The largest absolute Gasteiger partial charge is 0.324 e. The van der Waals surface area contributed by atoms with E-state index in [1.165, 1.54) is 0 Å². The first-order valence-electron chi connectivity index (χ1n) is 5.79. The minimum atomic E-state index is -0.0175. The van der Waals surface area contributed by atoms with E-state index in [1.807, 2.05) is 12.1 Å². The van der Waals surface area contributed by atoms with Crippen LogP contribution in [0, 0.1) is 5.92 Å². The van der Waals surface area contributed by atoms with Crippen LogP contribution in [0.25, 0.3) is 0 Å². The molecular weight excluding hydrogens is 241 g/mol. The number of hydrogen-bond donors (Lipinski definition) is 1. The monoisotopic (exact) mass is 259 g/mol. The summed E-state index contributed by atoms with van der Waals surface area (Å²) in [5, 5.41) is 1.40. The Morgan fingerprint density at radius 1 is 1.19 bits per heavy atom. The highest BCUT2D eigenvalue weighted by atomic mass is 35.5. The summed E-state index contributed by atoms with van der Waals surface area (Å²) in [6.45, 7) is 4.39. The normalized spacial score (nSPS) is 13.1. The van der Waals surface area contributed by atoms with Crippen LogP contribution in [0.2, 0.25) is 10.0 Å². The number of nitrogens with two attached hydrogens (primary N) is 1. The quantitative estimate of drug-likeness (QED) is 0.807. The van der Waals surface area contributed by atoms with Crippen LogP contribution in [0.4, 0.5) is 0 Å². The Morgan fingerprint density at radius 2 is 1.81 bits per heavy atom. The van der Waals surface area contributed by atoms with Gasteiger partial charge >= 0.3 is 0 Å². The maximum absolute atomic E-state index is 6.17. The predicted molar refractivity (Wildman–Crippen MR) is 72.1 cm³/mol. The second kappa shape index (κ2) is 6.48. The number of rotatable bonds is 5. The molecule has 0 aliphatic rings. The molecule has 1 unspecified atom stereocenters. The first-order chi connectivity index (χ1) is 7.58. The van der Waals surface area contributed by atoms with Gasteiger partial charge in [0, 0.05) is 16.1 Å². The molecular formula is C13H19Cl2N. The molecule has 1 nitrogen and oxygen atoms in total. The molecule has 0 amide bonds. The summed E-state index contributed by atoms with van der Waals surface area (Å²) < 4.78 is 0. The Kier molecular flexibility index (Phi) is 5.60. The van der Waals surface area contributed by atoms with Crippen LogP contribution in [0.3, 0.4) is 0 Å². The summed E-state index contributed by atoms with van der Waals surface area (Å²) in [7, 11) is 0. The van der Waals surface area contributed by atoms with Gasteiger partial charge in [0.1, 0.15) is 0 Å². The number of benzene rings is 1. The van der Waals surface area contributed by atoms with Gasteiger partial charge in [-0.25, -0.2) is 0 Å². The molecule has 0 aliphatic heterocycles. The predicted octanol–water partition coefficient (Wildman–Crippen LogP) is 4.82. The maximum Gasteiger partial charge on any atom is 0.0454 e. The number of hydrogen-bond acceptors (Lipinski definition) is 1. The molecule has 1 aromatic rings. The summed E-state index contributed by atoms with van der Waals surface area (Å²) in [6, 6.07) is 5.45. The van der Waals surface area contributed by atoms with Crippen LogP contribution >= 0.6 is 23.2 Å². The van der Waals surface area contributed by atoms with Crippen LogP contribution in [-0.4, -0.2) is 0 Å². The highest BCUT2D eigenvalue weighted by Gasteiger charge is 2.15. The van der Waals surface area contributed by atoms with Gasteiger partial charge < -0.3 is 5.73 Å². The topological polar surface area (TPSA) is 26.0 Å². The van der Waals surface area contributed by atoms with Crippen LogP contribution in [0.15, 0.2) is 18.2 Å². The van der Waals surface area contributed by atoms with Crippen LogP contribution < -0.4 is 5.73 Å². The molecule has 2 N–H and O–H groups in total. The van der Waals surface area contributed by atoms with Gasteiger partial charge in [0.2, 0.25) is 0 Å². The van der Waals surface area contributed by atoms with Gasteiger partial charge in [-0.2, -0.15) is 0 Å². The molecule has 0 saturated heterocycles. The zero-order valence-electron chi connectivity index (χ0n) is 9.84. The van der Waals surface area contributed by atoms with E-state index in [1.54, 1.807) is 6.07 Å². The van der Waals surface area contributed by atoms with E-state index < -0.39 is 0 Å². The van der Waals surface area contributed by atoms with Crippen molar-refractivity contribution in [3.63, 3.8) is 0 Å². The van der Waals surface area contributed by atoms with E-state index in [4.69, 9.17) is 28.9 Å². The molecule has 3 heteroatoms. The van der Waals surface area contributed by atoms with E-state index in [0.29, 0.717) is 16.0 Å². The SMILES string of the molecule is CCC(CC)CC(N)c1cc(Cl)ccc1Cl. The van der Waals surface area contributed by atoms with E-state index in [2.05, 4.69) is 13.8 Å². The lowest BCUT2D eigenvalue weighted by atomic mass is 9.92. The summed E-state index contributed by atoms with van der Waals surface area (Å²) >= 11 is 12.1. The fraction of sp³-hybridized carbons (Fsp3) is 0.538. The Balaban J connectivity index is 2.79. The average Bonchev–Trinajstić information content (AvgIpc) is 2.28. The minimum Gasteiger partial charge on any atom is -0.324 e. The zero-order valence-corrected chi connectivity index (χ0v) is 11.4. The smallest absolute Gasteiger partial charge is 0.0454 e. The van der Waals surface area contributed by atoms with Gasteiger partial charge in [0.15, 0.2) is 0 Å². The van der Waals surface area contributed by atoms with Crippen molar-refractivity contribution in [1.82, 2.24) is 0 Å². The summed E-state index contributed by atoms with van der Waals surface area (Å²) in [6.07, 6.45) is 3.28. The molecule has 90 valence electrons. The van der Waals surface area contributed by atoms with Crippen LogP contribution in [-0.2, 0) is 0 Å². The Labute approximate surface area is 108 Å². The molecule has 0 fully saturated rings. The van der Waals surface area contributed by atoms with Crippen molar-refractivity contribution in [2.75, 3.05) is 0 Å².